The number of piperazine rings is 1. The Morgan fingerprint density at radius 2 is 1.48 bits per heavy atom. The van der Waals surface area contributed by atoms with Crippen molar-refractivity contribution in [3.63, 3.8) is 0 Å². The molecule has 4 rings (SSSR count). The van der Waals surface area contributed by atoms with Crippen molar-refractivity contribution in [1.82, 2.24) is 4.90 Å². The molecule has 148 valence electrons. The van der Waals surface area contributed by atoms with Gasteiger partial charge in [-0.15, -0.1) is 0 Å². The smallest absolute Gasteiger partial charge is 0.254 e. The molecule has 0 aliphatic carbocycles. The molecule has 1 amide bonds. The van der Waals surface area contributed by atoms with Gasteiger partial charge < -0.3 is 19.3 Å². The molecule has 0 atom stereocenters. The summed E-state index contributed by atoms with van der Waals surface area (Å²) in [7, 11) is 1.61. The molecule has 1 heterocycles. The zero-order valence-electron chi connectivity index (χ0n) is 16.5. The molecule has 5 heteroatoms. The number of hydrogen-bond acceptors (Lipinski definition) is 4. The first-order chi connectivity index (χ1) is 14.2. The molecule has 0 spiro atoms. The van der Waals surface area contributed by atoms with Crippen LogP contribution in [0.5, 0.6) is 17.2 Å². The van der Waals surface area contributed by atoms with E-state index in [1.165, 1.54) is 0 Å². The second-order valence-corrected chi connectivity index (χ2v) is 6.89. The first kappa shape index (κ1) is 18.9. The molecule has 5 nitrogen and oxygen atoms in total. The summed E-state index contributed by atoms with van der Waals surface area (Å²) in [5.74, 6) is 2.37. The van der Waals surface area contributed by atoms with Gasteiger partial charge in [0.05, 0.1) is 12.8 Å². The number of para-hydroxylation sites is 3. The number of carbonyl (C=O) groups is 1. The lowest BCUT2D eigenvalue weighted by Gasteiger charge is -2.36. The average molecular weight is 388 g/mol. The molecule has 29 heavy (non-hydrogen) atoms. The summed E-state index contributed by atoms with van der Waals surface area (Å²) in [4.78, 5) is 17.0. The fraction of sp³-hybridized carbons (Fsp3) is 0.208. The summed E-state index contributed by atoms with van der Waals surface area (Å²) in [5.41, 5.74) is 1.70. The van der Waals surface area contributed by atoms with Crippen LogP contribution in [0.2, 0.25) is 0 Å². The molecule has 1 aliphatic heterocycles. The minimum atomic E-state index is 0.0392. The highest BCUT2D eigenvalue weighted by Gasteiger charge is 2.24. The van der Waals surface area contributed by atoms with E-state index >= 15 is 0 Å². The predicted molar refractivity (Wildman–Crippen MR) is 114 cm³/mol. The van der Waals surface area contributed by atoms with E-state index in [0.29, 0.717) is 24.4 Å². The highest BCUT2D eigenvalue weighted by Crippen LogP contribution is 2.32. The van der Waals surface area contributed by atoms with E-state index < -0.39 is 0 Å². The van der Waals surface area contributed by atoms with Gasteiger partial charge in [0.15, 0.2) is 5.75 Å². The van der Waals surface area contributed by atoms with Crippen LogP contribution in [0.25, 0.3) is 0 Å². The molecule has 0 unspecified atom stereocenters. The molecular formula is C24H24N2O3. The molecule has 1 fully saturated rings. The molecule has 0 bridgehead atoms. The van der Waals surface area contributed by atoms with Gasteiger partial charge in [0, 0.05) is 31.7 Å². The maximum absolute atomic E-state index is 12.8. The van der Waals surface area contributed by atoms with Gasteiger partial charge >= 0.3 is 0 Å². The fourth-order valence-corrected chi connectivity index (χ4v) is 3.51. The van der Waals surface area contributed by atoms with Crippen molar-refractivity contribution < 1.29 is 14.3 Å². The first-order valence-corrected chi connectivity index (χ1v) is 9.75. The summed E-state index contributed by atoms with van der Waals surface area (Å²) in [5, 5.41) is 0. The van der Waals surface area contributed by atoms with Gasteiger partial charge in [-0.3, -0.25) is 4.79 Å². The minimum absolute atomic E-state index is 0.0392. The van der Waals surface area contributed by atoms with Gasteiger partial charge in [0.2, 0.25) is 0 Å². The van der Waals surface area contributed by atoms with E-state index in [-0.39, 0.29) is 5.91 Å². The number of nitrogens with zero attached hydrogens (tertiary/aromatic N) is 2. The van der Waals surface area contributed by atoms with E-state index in [2.05, 4.69) is 11.0 Å². The van der Waals surface area contributed by atoms with Crippen molar-refractivity contribution in [2.75, 3.05) is 38.2 Å². The standard InChI is InChI=1S/C24H24N2O3/c1-28-21-11-7-8-19(18-21)24(27)26-16-14-25(15-17-26)22-12-5-6-13-23(22)29-20-9-3-2-4-10-20/h2-13,18H,14-17H2,1H3. The number of ether oxygens (including phenoxy) is 2. The number of carbonyl (C=O) groups excluding carboxylic acids is 1. The monoisotopic (exact) mass is 388 g/mol. The number of amides is 1. The molecular weight excluding hydrogens is 364 g/mol. The quantitative estimate of drug-likeness (QED) is 0.648. The summed E-state index contributed by atoms with van der Waals surface area (Å²) in [6.45, 7) is 2.83. The summed E-state index contributed by atoms with van der Waals surface area (Å²) in [6, 6.07) is 25.1. The second kappa shape index (κ2) is 8.69. The topological polar surface area (TPSA) is 42.0 Å². The summed E-state index contributed by atoms with van der Waals surface area (Å²) < 4.78 is 11.3. The third-order valence-electron chi connectivity index (χ3n) is 5.06. The van der Waals surface area contributed by atoms with E-state index in [4.69, 9.17) is 9.47 Å². The molecule has 3 aromatic rings. The third kappa shape index (κ3) is 4.35. The van der Waals surface area contributed by atoms with Crippen molar-refractivity contribution in [1.29, 1.82) is 0 Å². The van der Waals surface area contributed by atoms with Crippen molar-refractivity contribution >= 4 is 11.6 Å². The van der Waals surface area contributed by atoms with Gasteiger partial charge in [-0.1, -0.05) is 36.4 Å². The Kier molecular flexibility index (Phi) is 5.66. The zero-order valence-corrected chi connectivity index (χ0v) is 16.5. The van der Waals surface area contributed by atoms with Crippen LogP contribution in [-0.4, -0.2) is 44.1 Å². The molecule has 1 saturated heterocycles. The first-order valence-electron chi connectivity index (χ1n) is 9.75. The number of benzene rings is 3. The van der Waals surface area contributed by atoms with Crippen LogP contribution in [-0.2, 0) is 0 Å². The van der Waals surface area contributed by atoms with Crippen molar-refractivity contribution in [2.45, 2.75) is 0 Å². The third-order valence-corrected chi connectivity index (χ3v) is 5.06. The fourth-order valence-electron chi connectivity index (χ4n) is 3.51. The van der Waals surface area contributed by atoms with Crippen LogP contribution in [0, 0.1) is 0 Å². The van der Waals surface area contributed by atoms with Crippen LogP contribution in [0.1, 0.15) is 10.4 Å². The molecule has 1 aliphatic rings. The Labute approximate surface area is 171 Å². The van der Waals surface area contributed by atoms with Gasteiger partial charge in [0.1, 0.15) is 11.5 Å². The Morgan fingerprint density at radius 3 is 2.24 bits per heavy atom. The molecule has 0 saturated carbocycles. The Morgan fingerprint density at radius 1 is 0.793 bits per heavy atom. The SMILES string of the molecule is COc1cccc(C(=O)N2CCN(c3ccccc3Oc3ccccc3)CC2)c1. The van der Waals surface area contributed by atoms with Gasteiger partial charge in [-0.05, 0) is 42.5 Å². The molecule has 3 aromatic carbocycles. The summed E-state index contributed by atoms with van der Waals surface area (Å²) in [6.07, 6.45) is 0. The van der Waals surface area contributed by atoms with Crippen LogP contribution in [0.4, 0.5) is 5.69 Å². The van der Waals surface area contributed by atoms with E-state index in [1.54, 1.807) is 13.2 Å². The lowest BCUT2D eigenvalue weighted by Crippen LogP contribution is -2.48. The van der Waals surface area contributed by atoms with Crippen molar-refractivity contribution in [2.24, 2.45) is 0 Å². The second-order valence-electron chi connectivity index (χ2n) is 6.89. The number of anilines is 1. The van der Waals surface area contributed by atoms with E-state index in [0.717, 1.165) is 30.3 Å². The largest absolute Gasteiger partial charge is 0.497 e. The van der Waals surface area contributed by atoms with E-state index in [1.807, 2.05) is 71.6 Å². The summed E-state index contributed by atoms with van der Waals surface area (Å²) >= 11 is 0. The maximum atomic E-state index is 12.8. The highest BCUT2D eigenvalue weighted by molar-refractivity contribution is 5.94. The normalized spacial score (nSPS) is 13.8. The molecule has 0 radical (unpaired) electrons. The van der Waals surface area contributed by atoms with Crippen LogP contribution < -0.4 is 14.4 Å². The van der Waals surface area contributed by atoms with Gasteiger partial charge in [-0.25, -0.2) is 0 Å². The zero-order chi connectivity index (χ0) is 20.1. The number of rotatable bonds is 5. The number of hydrogen-bond donors (Lipinski definition) is 0. The van der Waals surface area contributed by atoms with Crippen LogP contribution in [0.15, 0.2) is 78.9 Å². The van der Waals surface area contributed by atoms with Crippen LogP contribution >= 0.6 is 0 Å². The number of methoxy groups -OCH3 is 1. The predicted octanol–water partition coefficient (Wildman–Crippen LogP) is 4.45. The van der Waals surface area contributed by atoms with Gasteiger partial charge in [0.25, 0.3) is 5.91 Å². The van der Waals surface area contributed by atoms with E-state index in [9.17, 15) is 4.79 Å². The molecule has 0 N–H and O–H groups in total. The lowest BCUT2D eigenvalue weighted by atomic mass is 10.1. The van der Waals surface area contributed by atoms with Crippen LogP contribution in [0.3, 0.4) is 0 Å². The molecule has 0 aromatic heterocycles. The Bertz CT molecular complexity index is 967. The Balaban J connectivity index is 1.44. The maximum Gasteiger partial charge on any atom is 0.254 e. The van der Waals surface area contributed by atoms with Crippen molar-refractivity contribution in [3.05, 3.63) is 84.4 Å². The lowest BCUT2D eigenvalue weighted by molar-refractivity contribution is 0.0746. The van der Waals surface area contributed by atoms with Gasteiger partial charge in [-0.2, -0.15) is 0 Å². The average Bonchev–Trinajstić information content (AvgIpc) is 2.80. The Hall–Kier alpha value is -3.47. The minimum Gasteiger partial charge on any atom is -0.497 e. The highest BCUT2D eigenvalue weighted by atomic mass is 16.5. The van der Waals surface area contributed by atoms with Crippen molar-refractivity contribution in [3.8, 4) is 17.2 Å².